The van der Waals surface area contributed by atoms with Crippen LogP contribution in [-0.4, -0.2) is 45.6 Å². The van der Waals surface area contributed by atoms with Crippen LogP contribution in [-0.2, 0) is 11.3 Å². The fraction of sp³-hybridized carbons (Fsp3) is 0.323. The van der Waals surface area contributed by atoms with E-state index in [9.17, 15) is 22.4 Å². The minimum Gasteiger partial charge on any atom is -0.459 e. The zero-order chi connectivity index (χ0) is 30.2. The molecule has 1 fully saturated rings. The van der Waals surface area contributed by atoms with Gasteiger partial charge in [0.2, 0.25) is 0 Å². The minimum atomic E-state index is -2.67. The van der Waals surface area contributed by atoms with E-state index < -0.39 is 29.3 Å². The number of nitrogens with one attached hydrogen (secondary N) is 1. The van der Waals surface area contributed by atoms with E-state index in [4.69, 9.17) is 21.4 Å². The normalized spacial score (nSPS) is 15.1. The Balaban J connectivity index is 1.46. The van der Waals surface area contributed by atoms with Crippen molar-refractivity contribution in [2.45, 2.75) is 51.7 Å². The summed E-state index contributed by atoms with van der Waals surface area (Å²) in [5.41, 5.74) is 1.99. The van der Waals surface area contributed by atoms with Crippen molar-refractivity contribution in [2.24, 2.45) is 0 Å². The topological polar surface area (TPSA) is 67.6 Å². The molecule has 6 nitrogen and oxygen atoms in total. The second-order valence-electron chi connectivity index (χ2n) is 11.2. The third-order valence-corrected chi connectivity index (χ3v) is 7.28. The maximum absolute atomic E-state index is 14.9. The number of fused-ring (bicyclic) bond motifs is 1. The molecule has 1 aliphatic rings. The van der Waals surface area contributed by atoms with E-state index in [1.807, 2.05) is 6.07 Å². The molecule has 220 valence electrons. The third-order valence-electron chi connectivity index (χ3n) is 6.78. The highest BCUT2D eigenvalue weighted by Gasteiger charge is 2.35. The molecule has 3 heterocycles. The van der Waals surface area contributed by atoms with Crippen LogP contribution in [0.2, 0.25) is 0 Å². The number of thiocarbonyl (C=S) groups is 1. The average molecular weight is 600 g/mol. The van der Waals surface area contributed by atoms with Gasteiger partial charge in [-0.1, -0.05) is 12.2 Å². The Kier molecular flexibility index (Phi) is 7.98. The van der Waals surface area contributed by atoms with Crippen molar-refractivity contribution in [3.63, 3.8) is 0 Å². The van der Waals surface area contributed by atoms with Gasteiger partial charge >= 0.3 is 6.09 Å². The molecule has 1 aliphatic heterocycles. The summed E-state index contributed by atoms with van der Waals surface area (Å²) in [5, 5.41) is 3.25. The third kappa shape index (κ3) is 6.73. The standard InChI is InChI=1S/C31H29F4N3O3S/c1-30(2,3)41-29(39)37-17-22-13-20-12-19(14-24(27(20)40-22)23-6-5-21(32)15-25(23)33)26-7-4-18(16-36-26)28(42)38-10-8-31(34,35)9-11-38/h4-7,12-16H,8-11,17H2,1-3H3,(H,37,39). The molecule has 1 saturated heterocycles. The molecule has 0 saturated carbocycles. The molecule has 1 N–H and O–H groups in total. The predicted octanol–water partition coefficient (Wildman–Crippen LogP) is 7.87. The van der Waals surface area contributed by atoms with Gasteiger partial charge in [0, 0.05) is 65.8 Å². The second-order valence-corrected chi connectivity index (χ2v) is 11.6. The van der Waals surface area contributed by atoms with Crippen LogP contribution in [0.25, 0.3) is 33.4 Å². The SMILES string of the molecule is CC(C)(C)OC(=O)NCc1cc2cc(-c3ccc(C(=S)N4CCC(F)(F)CC4)cn3)cc(-c3ccc(F)cc3F)c2o1. The maximum atomic E-state index is 14.9. The first-order valence-electron chi connectivity index (χ1n) is 13.4. The van der Waals surface area contributed by atoms with E-state index in [0.29, 0.717) is 44.1 Å². The molecule has 5 rings (SSSR count). The Morgan fingerprint density at radius 1 is 1.07 bits per heavy atom. The van der Waals surface area contributed by atoms with Crippen LogP contribution in [0.15, 0.2) is 59.1 Å². The largest absolute Gasteiger partial charge is 0.459 e. The average Bonchev–Trinajstić information content (AvgIpc) is 3.34. The van der Waals surface area contributed by atoms with Crippen molar-refractivity contribution in [3.8, 4) is 22.4 Å². The number of amides is 1. The van der Waals surface area contributed by atoms with E-state index in [-0.39, 0.29) is 38.0 Å². The van der Waals surface area contributed by atoms with Crippen molar-refractivity contribution >= 4 is 34.3 Å². The van der Waals surface area contributed by atoms with Crippen LogP contribution in [0, 0.1) is 11.6 Å². The van der Waals surface area contributed by atoms with Crippen LogP contribution < -0.4 is 5.32 Å². The molecular formula is C31H29F4N3O3S. The molecule has 0 radical (unpaired) electrons. The molecule has 2 aromatic carbocycles. The lowest BCUT2D eigenvalue weighted by Crippen LogP contribution is -2.42. The molecule has 0 bridgehead atoms. The number of hydrogen-bond donors (Lipinski definition) is 1. The zero-order valence-electron chi connectivity index (χ0n) is 23.3. The number of aromatic nitrogens is 1. The predicted molar refractivity (Wildman–Crippen MR) is 155 cm³/mol. The molecule has 0 aliphatic carbocycles. The molecule has 0 spiro atoms. The summed E-state index contributed by atoms with van der Waals surface area (Å²) in [6.45, 7) is 5.62. The summed E-state index contributed by atoms with van der Waals surface area (Å²) in [6.07, 6.45) is 0.468. The fourth-order valence-electron chi connectivity index (χ4n) is 4.73. The molecule has 42 heavy (non-hydrogen) atoms. The van der Waals surface area contributed by atoms with Crippen molar-refractivity contribution in [1.82, 2.24) is 15.2 Å². The van der Waals surface area contributed by atoms with Gasteiger partial charge in [0.05, 0.1) is 12.2 Å². The summed E-state index contributed by atoms with van der Waals surface area (Å²) in [5.74, 6) is -3.75. The van der Waals surface area contributed by atoms with Crippen LogP contribution in [0.5, 0.6) is 0 Å². The van der Waals surface area contributed by atoms with Crippen molar-refractivity contribution in [3.05, 3.63) is 77.7 Å². The highest BCUT2D eigenvalue weighted by molar-refractivity contribution is 7.80. The van der Waals surface area contributed by atoms with Crippen molar-refractivity contribution in [1.29, 1.82) is 0 Å². The Hall–Kier alpha value is -3.99. The smallest absolute Gasteiger partial charge is 0.408 e. The summed E-state index contributed by atoms with van der Waals surface area (Å²) < 4.78 is 67.1. The van der Waals surface area contributed by atoms with Gasteiger partial charge in [-0.25, -0.2) is 22.4 Å². The first-order valence-corrected chi connectivity index (χ1v) is 13.8. The van der Waals surface area contributed by atoms with E-state index in [1.54, 1.807) is 56.1 Å². The number of benzene rings is 2. The molecule has 0 unspecified atom stereocenters. The van der Waals surface area contributed by atoms with E-state index >= 15 is 0 Å². The van der Waals surface area contributed by atoms with Crippen molar-refractivity contribution < 1.29 is 31.5 Å². The number of piperidine rings is 1. The van der Waals surface area contributed by atoms with E-state index in [2.05, 4.69) is 10.3 Å². The number of carbonyl (C=O) groups is 1. The maximum Gasteiger partial charge on any atom is 0.408 e. The molecular weight excluding hydrogens is 570 g/mol. The number of halogens is 4. The van der Waals surface area contributed by atoms with Gasteiger partial charge in [0.25, 0.3) is 5.92 Å². The van der Waals surface area contributed by atoms with Gasteiger partial charge in [-0.3, -0.25) is 4.98 Å². The molecule has 0 atom stereocenters. The minimum absolute atomic E-state index is 0.0249. The molecule has 2 aromatic heterocycles. The Morgan fingerprint density at radius 2 is 1.81 bits per heavy atom. The first kappa shape index (κ1) is 29.5. The number of alkyl carbamates (subject to hydrolysis) is 1. The molecule has 1 amide bonds. The number of furan rings is 1. The zero-order valence-corrected chi connectivity index (χ0v) is 24.1. The van der Waals surface area contributed by atoms with Crippen molar-refractivity contribution in [2.75, 3.05) is 13.1 Å². The first-order chi connectivity index (χ1) is 19.8. The number of likely N-dealkylation sites (tertiary alicyclic amines) is 1. The number of hydrogen-bond acceptors (Lipinski definition) is 5. The number of nitrogens with zero attached hydrogens (tertiary/aromatic N) is 2. The lowest BCUT2D eigenvalue weighted by atomic mass is 9.98. The summed E-state index contributed by atoms with van der Waals surface area (Å²) in [6, 6.07) is 12.0. The number of alkyl halides is 2. The van der Waals surface area contributed by atoms with Gasteiger partial charge < -0.3 is 19.4 Å². The Bertz CT molecular complexity index is 1640. The lowest BCUT2D eigenvalue weighted by molar-refractivity contribution is -0.0430. The van der Waals surface area contributed by atoms with Gasteiger partial charge in [-0.2, -0.15) is 0 Å². The summed E-state index contributed by atoms with van der Waals surface area (Å²) >= 11 is 5.54. The Labute approximate surface area is 245 Å². The highest BCUT2D eigenvalue weighted by Crippen LogP contribution is 2.37. The van der Waals surface area contributed by atoms with Gasteiger partial charge in [-0.05, 0) is 63.2 Å². The van der Waals surface area contributed by atoms with Crippen LogP contribution in [0.3, 0.4) is 0 Å². The van der Waals surface area contributed by atoms with Gasteiger partial charge in [-0.15, -0.1) is 0 Å². The number of rotatable bonds is 5. The monoisotopic (exact) mass is 599 g/mol. The molecule has 11 heteroatoms. The lowest BCUT2D eigenvalue weighted by Gasteiger charge is -2.33. The van der Waals surface area contributed by atoms with Crippen LogP contribution in [0.4, 0.5) is 22.4 Å². The number of pyridine rings is 1. The highest BCUT2D eigenvalue weighted by atomic mass is 32.1. The number of carbonyl (C=O) groups excluding carboxylic acids is 1. The summed E-state index contributed by atoms with van der Waals surface area (Å²) in [4.78, 5) is 18.9. The fourth-order valence-corrected chi connectivity index (χ4v) is 5.04. The van der Waals surface area contributed by atoms with Crippen LogP contribution in [0.1, 0.15) is 44.9 Å². The van der Waals surface area contributed by atoms with E-state index in [1.165, 1.54) is 6.07 Å². The molecule has 4 aromatic rings. The second kappa shape index (κ2) is 11.4. The van der Waals surface area contributed by atoms with E-state index in [0.717, 1.165) is 12.1 Å². The quantitative estimate of drug-likeness (QED) is 0.186. The number of ether oxygens (including phenoxy) is 1. The van der Waals surface area contributed by atoms with Gasteiger partial charge in [0.15, 0.2) is 0 Å². The van der Waals surface area contributed by atoms with Crippen LogP contribution >= 0.6 is 12.2 Å². The van der Waals surface area contributed by atoms with Gasteiger partial charge in [0.1, 0.15) is 33.6 Å². The Morgan fingerprint density at radius 3 is 2.45 bits per heavy atom. The summed E-state index contributed by atoms with van der Waals surface area (Å²) in [7, 11) is 0.